The van der Waals surface area contributed by atoms with Gasteiger partial charge in [-0.25, -0.2) is 0 Å². The van der Waals surface area contributed by atoms with Crippen molar-refractivity contribution in [3.8, 4) is 0 Å². The van der Waals surface area contributed by atoms with Crippen LogP contribution in [0, 0.1) is 10.8 Å². The molecule has 0 aromatic heterocycles. The van der Waals surface area contributed by atoms with Crippen LogP contribution in [0.4, 0.5) is 11.4 Å². The maximum absolute atomic E-state index is 3.48. The number of hydrogen-bond acceptors (Lipinski definition) is 1. The summed E-state index contributed by atoms with van der Waals surface area (Å²) in [6.07, 6.45) is 2.21. The Kier molecular flexibility index (Phi) is 5.19. The molecule has 23 heavy (non-hydrogen) atoms. The molecule has 2 rings (SSSR count). The fraction of sp³-hybridized carbons (Fsp3) is 0.455. The molecule has 0 unspecified atom stereocenters. The number of hydrogen-bond donors (Lipinski definition) is 1. The molecule has 0 radical (unpaired) electrons. The number of nitrogens with one attached hydrogen (secondary N) is 1. The Morgan fingerprint density at radius 3 is 1.13 bits per heavy atom. The molecule has 0 bridgehead atoms. The van der Waals surface area contributed by atoms with Gasteiger partial charge in [-0.2, -0.15) is 0 Å². The van der Waals surface area contributed by atoms with Gasteiger partial charge in [-0.05, 0) is 59.1 Å². The lowest BCUT2D eigenvalue weighted by Crippen LogP contribution is -2.09. The Morgan fingerprint density at radius 1 is 0.565 bits per heavy atom. The van der Waals surface area contributed by atoms with E-state index in [9.17, 15) is 0 Å². The zero-order valence-corrected chi connectivity index (χ0v) is 15.5. The van der Waals surface area contributed by atoms with Crippen LogP contribution in [-0.4, -0.2) is 0 Å². The summed E-state index contributed by atoms with van der Waals surface area (Å²) >= 11 is 0. The standard InChI is InChI=1S/C22H31N/c1-21(2,3)15-17-7-11-19(12-8-17)23-20-13-9-18(10-14-20)16-22(4,5)6/h7-14,23H,15-16H2,1-6H3. The molecule has 1 nitrogen and oxygen atoms in total. The minimum absolute atomic E-state index is 0.331. The molecule has 0 aliphatic heterocycles. The zero-order valence-electron chi connectivity index (χ0n) is 15.5. The molecule has 0 aliphatic carbocycles. The minimum Gasteiger partial charge on any atom is -0.356 e. The Bertz CT molecular complexity index is 550. The first kappa shape index (κ1) is 17.6. The zero-order chi connectivity index (χ0) is 17.1. The van der Waals surface area contributed by atoms with E-state index in [0.717, 1.165) is 24.2 Å². The van der Waals surface area contributed by atoms with E-state index in [1.165, 1.54) is 11.1 Å². The van der Waals surface area contributed by atoms with Gasteiger partial charge in [0.05, 0.1) is 0 Å². The fourth-order valence-electron chi connectivity index (χ4n) is 2.80. The van der Waals surface area contributed by atoms with Crippen molar-refractivity contribution in [1.82, 2.24) is 0 Å². The molecular weight excluding hydrogens is 278 g/mol. The second-order valence-electron chi connectivity index (χ2n) is 8.99. The average Bonchev–Trinajstić information content (AvgIpc) is 2.40. The second kappa shape index (κ2) is 6.78. The van der Waals surface area contributed by atoms with Crippen LogP contribution >= 0.6 is 0 Å². The Balaban J connectivity index is 1.99. The molecule has 0 spiro atoms. The molecule has 0 fully saturated rings. The lowest BCUT2D eigenvalue weighted by Gasteiger charge is -2.19. The fourth-order valence-corrected chi connectivity index (χ4v) is 2.80. The van der Waals surface area contributed by atoms with Crippen molar-refractivity contribution in [3.05, 3.63) is 59.7 Å². The van der Waals surface area contributed by atoms with Crippen LogP contribution in [0.15, 0.2) is 48.5 Å². The van der Waals surface area contributed by atoms with Crippen molar-refractivity contribution >= 4 is 11.4 Å². The maximum atomic E-state index is 3.48. The van der Waals surface area contributed by atoms with E-state index in [1.807, 2.05) is 0 Å². The monoisotopic (exact) mass is 309 g/mol. The summed E-state index contributed by atoms with van der Waals surface area (Å²) < 4.78 is 0. The van der Waals surface area contributed by atoms with Crippen LogP contribution in [0.1, 0.15) is 52.7 Å². The molecule has 2 aromatic carbocycles. The summed E-state index contributed by atoms with van der Waals surface area (Å²) in [5.74, 6) is 0. The van der Waals surface area contributed by atoms with E-state index in [4.69, 9.17) is 0 Å². The van der Waals surface area contributed by atoms with Crippen LogP contribution in [0.2, 0.25) is 0 Å². The van der Waals surface area contributed by atoms with Crippen molar-refractivity contribution in [2.24, 2.45) is 10.8 Å². The normalized spacial score (nSPS) is 12.3. The highest BCUT2D eigenvalue weighted by molar-refractivity contribution is 5.60. The van der Waals surface area contributed by atoms with Crippen LogP contribution in [0.25, 0.3) is 0 Å². The van der Waals surface area contributed by atoms with Gasteiger partial charge in [0.2, 0.25) is 0 Å². The summed E-state index contributed by atoms with van der Waals surface area (Å²) in [5, 5.41) is 3.48. The highest BCUT2D eigenvalue weighted by Gasteiger charge is 2.12. The largest absolute Gasteiger partial charge is 0.356 e. The lowest BCUT2D eigenvalue weighted by molar-refractivity contribution is 0.411. The third-order valence-electron chi connectivity index (χ3n) is 3.67. The van der Waals surface area contributed by atoms with Gasteiger partial charge in [-0.1, -0.05) is 65.8 Å². The number of rotatable bonds is 4. The lowest BCUT2D eigenvalue weighted by atomic mass is 9.88. The van der Waals surface area contributed by atoms with Crippen LogP contribution in [0.3, 0.4) is 0 Å². The van der Waals surface area contributed by atoms with Gasteiger partial charge in [0.15, 0.2) is 0 Å². The van der Waals surface area contributed by atoms with Crippen molar-refractivity contribution in [1.29, 1.82) is 0 Å². The Hall–Kier alpha value is -1.76. The molecular formula is C22H31N. The van der Waals surface area contributed by atoms with Gasteiger partial charge in [0, 0.05) is 11.4 Å². The average molecular weight is 309 g/mol. The summed E-state index contributed by atoms with van der Waals surface area (Å²) in [5.41, 5.74) is 5.74. The van der Waals surface area contributed by atoms with E-state index in [1.54, 1.807) is 0 Å². The molecule has 0 saturated carbocycles. The predicted octanol–water partition coefficient (Wildman–Crippen LogP) is 6.61. The van der Waals surface area contributed by atoms with Crippen molar-refractivity contribution in [2.45, 2.75) is 54.4 Å². The molecule has 0 saturated heterocycles. The van der Waals surface area contributed by atoms with E-state index < -0.39 is 0 Å². The van der Waals surface area contributed by atoms with Crippen LogP contribution in [-0.2, 0) is 12.8 Å². The van der Waals surface area contributed by atoms with Crippen molar-refractivity contribution < 1.29 is 0 Å². The minimum atomic E-state index is 0.331. The van der Waals surface area contributed by atoms with E-state index >= 15 is 0 Å². The van der Waals surface area contributed by atoms with Crippen molar-refractivity contribution in [2.75, 3.05) is 5.32 Å². The first-order chi connectivity index (χ1) is 10.6. The highest BCUT2D eigenvalue weighted by Crippen LogP contribution is 2.24. The summed E-state index contributed by atoms with van der Waals surface area (Å²) in [7, 11) is 0. The quantitative estimate of drug-likeness (QED) is 0.670. The van der Waals surface area contributed by atoms with Crippen LogP contribution in [0.5, 0.6) is 0 Å². The van der Waals surface area contributed by atoms with Gasteiger partial charge in [-0.15, -0.1) is 0 Å². The molecule has 2 aromatic rings. The molecule has 0 amide bonds. The SMILES string of the molecule is CC(C)(C)Cc1ccc(Nc2ccc(CC(C)(C)C)cc2)cc1. The Labute approximate surface area is 142 Å². The summed E-state index contributed by atoms with van der Waals surface area (Å²) in [6.45, 7) is 13.7. The van der Waals surface area contributed by atoms with E-state index in [-0.39, 0.29) is 0 Å². The maximum Gasteiger partial charge on any atom is 0.0384 e. The van der Waals surface area contributed by atoms with Crippen LogP contribution < -0.4 is 5.32 Å². The third-order valence-corrected chi connectivity index (χ3v) is 3.67. The summed E-state index contributed by atoms with van der Waals surface area (Å²) in [4.78, 5) is 0. The van der Waals surface area contributed by atoms with Gasteiger partial charge in [0.25, 0.3) is 0 Å². The van der Waals surface area contributed by atoms with Gasteiger partial charge in [-0.3, -0.25) is 0 Å². The number of anilines is 2. The number of benzene rings is 2. The van der Waals surface area contributed by atoms with Gasteiger partial charge < -0.3 is 5.32 Å². The molecule has 0 heterocycles. The second-order valence-corrected chi connectivity index (χ2v) is 8.99. The van der Waals surface area contributed by atoms with Gasteiger partial charge >= 0.3 is 0 Å². The molecule has 1 heteroatoms. The third kappa shape index (κ3) is 6.48. The molecule has 0 aliphatic rings. The molecule has 0 atom stereocenters. The smallest absolute Gasteiger partial charge is 0.0384 e. The summed E-state index contributed by atoms with van der Waals surface area (Å²) in [6, 6.07) is 17.6. The predicted molar refractivity (Wildman–Crippen MR) is 102 cm³/mol. The topological polar surface area (TPSA) is 12.0 Å². The van der Waals surface area contributed by atoms with E-state index in [0.29, 0.717) is 10.8 Å². The van der Waals surface area contributed by atoms with Crippen molar-refractivity contribution in [3.63, 3.8) is 0 Å². The van der Waals surface area contributed by atoms with Gasteiger partial charge in [0.1, 0.15) is 0 Å². The first-order valence-electron chi connectivity index (χ1n) is 8.56. The first-order valence-corrected chi connectivity index (χ1v) is 8.56. The van der Waals surface area contributed by atoms with E-state index in [2.05, 4.69) is 95.4 Å². The molecule has 1 N–H and O–H groups in total. The highest BCUT2D eigenvalue weighted by atomic mass is 14.9. The Morgan fingerprint density at radius 2 is 0.870 bits per heavy atom. The molecule has 124 valence electrons.